The van der Waals surface area contributed by atoms with Gasteiger partial charge in [-0.3, -0.25) is 0 Å². The fourth-order valence-corrected chi connectivity index (χ4v) is 5.32. The van der Waals surface area contributed by atoms with E-state index in [4.69, 9.17) is 4.74 Å². The molecule has 4 bridgehead atoms. The number of nitrogens with one attached hydrogen (secondary N) is 1. The third-order valence-corrected chi connectivity index (χ3v) is 5.96. The van der Waals surface area contributed by atoms with E-state index in [0.29, 0.717) is 0 Å². The maximum absolute atomic E-state index is 5.80. The normalized spacial score (nSPS) is 37.0. The second-order valence-corrected chi connectivity index (χ2v) is 7.45. The van der Waals surface area contributed by atoms with Crippen molar-refractivity contribution in [2.24, 2.45) is 23.7 Å². The molecule has 0 saturated heterocycles. The summed E-state index contributed by atoms with van der Waals surface area (Å²) in [6, 6.07) is 11.3. The van der Waals surface area contributed by atoms with Crippen LogP contribution < -0.4 is 5.32 Å². The summed E-state index contributed by atoms with van der Waals surface area (Å²) >= 11 is 0. The Morgan fingerprint density at radius 2 is 1.57 bits per heavy atom. The molecule has 1 N–H and O–H groups in total. The lowest BCUT2D eigenvalue weighted by molar-refractivity contribution is -0.0163. The van der Waals surface area contributed by atoms with Crippen LogP contribution in [0.15, 0.2) is 30.3 Å². The Hall–Kier alpha value is -0.860. The van der Waals surface area contributed by atoms with E-state index < -0.39 is 0 Å². The smallest absolute Gasteiger partial charge is 0.0717 e. The minimum absolute atomic E-state index is 0.740. The van der Waals surface area contributed by atoms with E-state index in [2.05, 4.69) is 35.6 Å². The first kappa shape index (κ1) is 13.8. The molecule has 2 heteroatoms. The quantitative estimate of drug-likeness (QED) is 0.806. The summed E-state index contributed by atoms with van der Waals surface area (Å²) in [7, 11) is 0. The molecular formula is C19H27NO. The number of hydrogen-bond donors (Lipinski definition) is 1. The van der Waals surface area contributed by atoms with Gasteiger partial charge in [0.15, 0.2) is 0 Å². The van der Waals surface area contributed by atoms with Gasteiger partial charge in [-0.2, -0.15) is 0 Å². The Balaban J connectivity index is 1.19. The summed E-state index contributed by atoms with van der Waals surface area (Å²) in [5, 5.41) is 3.83. The zero-order chi connectivity index (χ0) is 14.1. The van der Waals surface area contributed by atoms with Gasteiger partial charge in [0.05, 0.1) is 13.2 Å². The molecule has 4 fully saturated rings. The van der Waals surface area contributed by atoms with Crippen LogP contribution in [0.2, 0.25) is 0 Å². The Bertz CT molecular complexity index is 430. The molecule has 2 nitrogen and oxygen atoms in total. The third-order valence-electron chi connectivity index (χ3n) is 5.96. The first-order valence-corrected chi connectivity index (χ1v) is 8.73. The van der Waals surface area contributed by atoms with Gasteiger partial charge in [0.25, 0.3) is 0 Å². The Labute approximate surface area is 128 Å². The monoisotopic (exact) mass is 285 g/mol. The molecule has 1 aromatic carbocycles. The van der Waals surface area contributed by atoms with Crippen LogP contribution in [0.5, 0.6) is 0 Å². The number of hydrogen-bond acceptors (Lipinski definition) is 2. The molecule has 5 rings (SSSR count). The number of rotatable bonds is 6. The van der Waals surface area contributed by atoms with Gasteiger partial charge in [-0.1, -0.05) is 30.3 Å². The second-order valence-electron chi connectivity index (χ2n) is 7.45. The fraction of sp³-hybridized carbons (Fsp3) is 0.684. The molecule has 0 atom stereocenters. The average Bonchev–Trinajstić information content (AvgIpc) is 2.50. The van der Waals surface area contributed by atoms with Crippen LogP contribution in [0.3, 0.4) is 0 Å². The van der Waals surface area contributed by atoms with E-state index in [1.807, 2.05) is 0 Å². The summed E-state index contributed by atoms with van der Waals surface area (Å²) in [6.07, 6.45) is 7.52. The Morgan fingerprint density at radius 3 is 2.24 bits per heavy atom. The van der Waals surface area contributed by atoms with Crippen molar-refractivity contribution in [1.82, 2.24) is 5.32 Å². The lowest BCUT2D eigenvalue weighted by atomic mass is 9.54. The molecule has 0 heterocycles. The predicted octanol–water partition coefficient (Wildman–Crippen LogP) is 3.62. The molecule has 0 unspecified atom stereocenters. The van der Waals surface area contributed by atoms with Crippen LogP contribution >= 0.6 is 0 Å². The van der Waals surface area contributed by atoms with E-state index in [1.54, 1.807) is 6.42 Å². The zero-order valence-electron chi connectivity index (χ0n) is 12.8. The highest BCUT2D eigenvalue weighted by atomic mass is 16.5. The maximum Gasteiger partial charge on any atom is 0.0717 e. The van der Waals surface area contributed by atoms with E-state index in [-0.39, 0.29) is 0 Å². The summed E-state index contributed by atoms with van der Waals surface area (Å²) in [5.74, 6) is 4.07. The standard InChI is InChI=1S/C19H27NO/c1-2-4-14(5-3-1)13-21-7-6-20-19-17-9-15-8-16(11-17)12-18(19)10-15/h1-5,15-20H,6-13H2. The minimum atomic E-state index is 0.740. The highest BCUT2D eigenvalue weighted by Crippen LogP contribution is 2.53. The zero-order valence-corrected chi connectivity index (χ0v) is 12.8. The molecule has 4 aliphatic carbocycles. The van der Waals surface area contributed by atoms with Crippen molar-refractivity contribution < 1.29 is 4.74 Å². The van der Waals surface area contributed by atoms with Crippen molar-refractivity contribution >= 4 is 0 Å². The van der Waals surface area contributed by atoms with Crippen molar-refractivity contribution in [3.63, 3.8) is 0 Å². The van der Waals surface area contributed by atoms with Gasteiger partial charge in [-0.25, -0.2) is 0 Å². The molecule has 0 amide bonds. The predicted molar refractivity (Wildman–Crippen MR) is 84.9 cm³/mol. The maximum atomic E-state index is 5.80. The molecule has 0 aromatic heterocycles. The van der Waals surface area contributed by atoms with Crippen LogP contribution in [-0.4, -0.2) is 19.2 Å². The second kappa shape index (κ2) is 6.10. The first-order valence-electron chi connectivity index (χ1n) is 8.73. The molecule has 0 spiro atoms. The largest absolute Gasteiger partial charge is 0.375 e. The van der Waals surface area contributed by atoms with E-state index >= 15 is 0 Å². The van der Waals surface area contributed by atoms with E-state index in [9.17, 15) is 0 Å². The summed E-state index contributed by atoms with van der Waals surface area (Å²) in [4.78, 5) is 0. The molecule has 4 aliphatic rings. The molecular weight excluding hydrogens is 258 g/mol. The van der Waals surface area contributed by atoms with E-state index in [1.165, 1.54) is 31.2 Å². The van der Waals surface area contributed by atoms with Gasteiger partial charge < -0.3 is 10.1 Å². The summed E-state index contributed by atoms with van der Waals surface area (Å²) in [6.45, 7) is 2.59. The highest BCUT2D eigenvalue weighted by Gasteiger charge is 2.47. The van der Waals surface area contributed by atoms with Crippen molar-refractivity contribution in [3.05, 3.63) is 35.9 Å². The van der Waals surface area contributed by atoms with Crippen LogP contribution in [0, 0.1) is 23.7 Å². The minimum Gasteiger partial charge on any atom is -0.375 e. The average molecular weight is 285 g/mol. The Morgan fingerprint density at radius 1 is 0.905 bits per heavy atom. The fourth-order valence-electron chi connectivity index (χ4n) is 5.32. The molecule has 0 aliphatic heterocycles. The van der Waals surface area contributed by atoms with Crippen molar-refractivity contribution in [2.75, 3.05) is 13.2 Å². The highest BCUT2D eigenvalue weighted by molar-refractivity contribution is 5.13. The molecule has 0 radical (unpaired) electrons. The van der Waals surface area contributed by atoms with Gasteiger partial charge in [0, 0.05) is 12.6 Å². The molecule has 4 saturated carbocycles. The van der Waals surface area contributed by atoms with Gasteiger partial charge in [0.1, 0.15) is 0 Å². The van der Waals surface area contributed by atoms with Gasteiger partial charge in [0.2, 0.25) is 0 Å². The number of benzene rings is 1. The SMILES string of the molecule is c1ccc(COCCNC2C3CC4CC(C3)CC2C4)cc1. The molecule has 1 aromatic rings. The molecule has 114 valence electrons. The van der Waals surface area contributed by atoms with Gasteiger partial charge in [-0.15, -0.1) is 0 Å². The lowest BCUT2D eigenvalue weighted by Gasteiger charge is -2.54. The van der Waals surface area contributed by atoms with Crippen molar-refractivity contribution in [2.45, 2.75) is 44.8 Å². The van der Waals surface area contributed by atoms with Crippen LogP contribution in [0.25, 0.3) is 0 Å². The summed E-state index contributed by atoms with van der Waals surface area (Å²) < 4.78 is 5.80. The topological polar surface area (TPSA) is 21.3 Å². The lowest BCUT2D eigenvalue weighted by Crippen LogP contribution is -2.54. The summed E-state index contributed by atoms with van der Waals surface area (Å²) in [5.41, 5.74) is 1.27. The number of ether oxygens (including phenoxy) is 1. The van der Waals surface area contributed by atoms with Crippen LogP contribution in [0.4, 0.5) is 0 Å². The van der Waals surface area contributed by atoms with Gasteiger partial charge >= 0.3 is 0 Å². The van der Waals surface area contributed by atoms with Crippen LogP contribution in [-0.2, 0) is 11.3 Å². The molecule has 21 heavy (non-hydrogen) atoms. The van der Waals surface area contributed by atoms with Gasteiger partial charge in [-0.05, 0) is 61.3 Å². The van der Waals surface area contributed by atoms with Crippen molar-refractivity contribution in [1.29, 1.82) is 0 Å². The Kier molecular flexibility index (Phi) is 4.00. The van der Waals surface area contributed by atoms with Crippen LogP contribution in [0.1, 0.15) is 37.7 Å². The first-order chi connectivity index (χ1) is 10.4. The van der Waals surface area contributed by atoms with E-state index in [0.717, 1.165) is 49.5 Å². The van der Waals surface area contributed by atoms with Crippen molar-refractivity contribution in [3.8, 4) is 0 Å². The third kappa shape index (κ3) is 3.02.